The summed E-state index contributed by atoms with van der Waals surface area (Å²) in [5, 5.41) is 13.8. The second-order valence-electron chi connectivity index (χ2n) is 17.2. The highest BCUT2D eigenvalue weighted by Crippen LogP contribution is 2.44. The zero-order valence-electron chi connectivity index (χ0n) is 35.1. The Morgan fingerprint density at radius 1 is 0.364 bits per heavy atom. The monoisotopic (exact) mass is 859 g/mol. The SMILES string of the molecule is c1ccc2cc3c(cc2c1)c1ccc2ccccc2c1n3-c1cc(-c2nc(-c3ccc4c(c3)sc3ccccc34)nc(-n3c4ccccc4c4ccccc43)n2)cc2c1oc1ccccc12. The predicted molar refractivity (Wildman–Crippen MR) is 275 cm³/mol. The Balaban J connectivity index is 1.07. The van der Waals surface area contributed by atoms with Gasteiger partial charge >= 0.3 is 0 Å². The summed E-state index contributed by atoms with van der Waals surface area (Å²) >= 11 is 1.79. The van der Waals surface area contributed by atoms with Gasteiger partial charge in [0.1, 0.15) is 5.58 Å². The van der Waals surface area contributed by atoms with E-state index >= 15 is 0 Å². The van der Waals surface area contributed by atoms with Crippen LogP contribution in [-0.4, -0.2) is 24.1 Å². The van der Waals surface area contributed by atoms with Crippen molar-refractivity contribution in [2.75, 3.05) is 0 Å². The summed E-state index contributed by atoms with van der Waals surface area (Å²) in [5.41, 5.74) is 8.59. The first-order valence-corrected chi connectivity index (χ1v) is 23.0. The van der Waals surface area contributed by atoms with Crippen molar-refractivity contribution in [1.29, 1.82) is 0 Å². The van der Waals surface area contributed by atoms with Crippen molar-refractivity contribution in [1.82, 2.24) is 24.1 Å². The molecule has 0 amide bonds. The van der Waals surface area contributed by atoms with Gasteiger partial charge in [-0.3, -0.25) is 4.57 Å². The van der Waals surface area contributed by atoms with Gasteiger partial charge < -0.3 is 8.98 Å². The number of aromatic nitrogens is 5. The van der Waals surface area contributed by atoms with E-state index in [9.17, 15) is 0 Å². The summed E-state index contributed by atoms with van der Waals surface area (Å²) < 4.78 is 14.0. The lowest BCUT2D eigenvalue weighted by molar-refractivity contribution is 0.666. The molecule has 15 rings (SSSR count). The molecule has 0 aliphatic heterocycles. The van der Waals surface area contributed by atoms with Crippen LogP contribution in [0.3, 0.4) is 0 Å². The van der Waals surface area contributed by atoms with Gasteiger partial charge in [-0.2, -0.15) is 9.97 Å². The molecule has 0 atom stereocenters. The van der Waals surface area contributed by atoms with Crippen molar-refractivity contribution in [3.63, 3.8) is 0 Å². The molecule has 10 aromatic carbocycles. The maximum absolute atomic E-state index is 6.96. The van der Waals surface area contributed by atoms with Gasteiger partial charge in [0.05, 0.1) is 27.8 Å². The zero-order chi connectivity index (χ0) is 43.0. The normalized spacial score (nSPS) is 12.2. The molecule has 0 radical (unpaired) electrons. The molecule has 306 valence electrons. The molecule has 0 fully saturated rings. The Morgan fingerprint density at radius 3 is 1.79 bits per heavy atom. The molecule has 7 heteroatoms. The van der Waals surface area contributed by atoms with Crippen molar-refractivity contribution in [2.45, 2.75) is 0 Å². The highest BCUT2D eigenvalue weighted by Gasteiger charge is 2.24. The van der Waals surface area contributed by atoms with E-state index in [2.05, 4.69) is 203 Å². The minimum absolute atomic E-state index is 0.553. The van der Waals surface area contributed by atoms with Gasteiger partial charge in [-0.25, -0.2) is 4.98 Å². The Kier molecular flexibility index (Phi) is 7.28. The number of benzene rings is 10. The molecule has 6 nitrogen and oxygen atoms in total. The van der Waals surface area contributed by atoms with E-state index in [1.807, 2.05) is 6.07 Å². The van der Waals surface area contributed by atoms with Crippen LogP contribution in [0.25, 0.3) is 142 Å². The fourth-order valence-electron chi connectivity index (χ4n) is 10.5. The molecular formula is C59H33N5OS. The van der Waals surface area contributed by atoms with Crippen molar-refractivity contribution in [2.24, 2.45) is 0 Å². The molecule has 0 aliphatic rings. The fourth-order valence-corrected chi connectivity index (χ4v) is 11.7. The van der Waals surface area contributed by atoms with E-state index in [1.165, 1.54) is 47.1 Å². The minimum atomic E-state index is 0.553. The van der Waals surface area contributed by atoms with Gasteiger partial charge in [0.25, 0.3) is 0 Å². The molecule has 5 heterocycles. The highest BCUT2D eigenvalue weighted by atomic mass is 32.1. The van der Waals surface area contributed by atoms with E-state index in [0.717, 1.165) is 77.0 Å². The topological polar surface area (TPSA) is 61.7 Å². The fraction of sp³-hybridized carbons (Fsp3) is 0. The molecule has 0 unspecified atom stereocenters. The third kappa shape index (κ3) is 5.08. The maximum atomic E-state index is 6.96. The number of para-hydroxylation sites is 3. The van der Waals surface area contributed by atoms with Gasteiger partial charge in [-0.1, -0.05) is 146 Å². The summed E-state index contributed by atoms with van der Waals surface area (Å²) in [6.45, 7) is 0. The van der Waals surface area contributed by atoms with Crippen molar-refractivity contribution in [3.05, 3.63) is 200 Å². The quantitative estimate of drug-likeness (QED) is 0.177. The van der Waals surface area contributed by atoms with Crippen LogP contribution in [-0.2, 0) is 0 Å². The van der Waals surface area contributed by atoms with Gasteiger partial charge in [-0.05, 0) is 70.8 Å². The highest BCUT2D eigenvalue weighted by molar-refractivity contribution is 7.25. The number of nitrogens with zero attached hydrogens (tertiary/aromatic N) is 5. The van der Waals surface area contributed by atoms with Gasteiger partial charge in [0.15, 0.2) is 17.2 Å². The molecule has 0 saturated heterocycles. The standard InChI is InChI=1S/C59H33N5OS/c1-2-15-36-31-50-46(29-35(36)14-1)45-28-25-34-13-3-4-16-39(34)55(45)63(50)51-32-38(30-47-42-19-7-11-23-52(42)65-56(47)51)58-60-57(37-26-27-44-43-20-8-12-24-53(43)66-54(44)33-37)61-59(62-58)64-48-21-9-5-17-40(48)41-18-6-10-22-49(41)64/h1-33H. The third-order valence-electron chi connectivity index (χ3n) is 13.5. The molecule has 66 heavy (non-hydrogen) atoms. The average molecular weight is 860 g/mol. The van der Waals surface area contributed by atoms with Crippen molar-refractivity contribution in [3.8, 4) is 34.4 Å². The summed E-state index contributed by atoms with van der Waals surface area (Å²) in [6.07, 6.45) is 0. The minimum Gasteiger partial charge on any atom is -0.454 e. The summed E-state index contributed by atoms with van der Waals surface area (Å²) in [4.78, 5) is 16.3. The van der Waals surface area contributed by atoms with Gasteiger partial charge in [-0.15, -0.1) is 11.3 Å². The molecule has 0 spiro atoms. The molecule has 0 N–H and O–H groups in total. The van der Waals surface area contributed by atoms with Crippen LogP contribution < -0.4 is 0 Å². The maximum Gasteiger partial charge on any atom is 0.238 e. The van der Waals surface area contributed by atoms with Gasteiger partial charge in [0.2, 0.25) is 5.95 Å². The van der Waals surface area contributed by atoms with Crippen LogP contribution >= 0.6 is 11.3 Å². The third-order valence-corrected chi connectivity index (χ3v) is 14.7. The van der Waals surface area contributed by atoms with Crippen LogP contribution in [0.2, 0.25) is 0 Å². The number of hydrogen-bond acceptors (Lipinski definition) is 5. The van der Waals surface area contributed by atoms with Crippen molar-refractivity contribution >= 4 is 119 Å². The first-order valence-electron chi connectivity index (χ1n) is 22.2. The Hall–Kier alpha value is -8.65. The number of fused-ring (bicyclic) bond motifs is 15. The lowest BCUT2D eigenvalue weighted by Crippen LogP contribution is -2.06. The second-order valence-corrected chi connectivity index (χ2v) is 18.3. The first-order chi connectivity index (χ1) is 32.7. The van der Waals surface area contributed by atoms with Gasteiger partial charge in [0, 0.05) is 69.0 Å². The summed E-state index contributed by atoms with van der Waals surface area (Å²) in [7, 11) is 0. The van der Waals surface area contributed by atoms with E-state index in [4.69, 9.17) is 19.4 Å². The van der Waals surface area contributed by atoms with Crippen LogP contribution in [0.1, 0.15) is 0 Å². The molecular weight excluding hydrogens is 827 g/mol. The largest absolute Gasteiger partial charge is 0.454 e. The Morgan fingerprint density at radius 2 is 0.985 bits per heavy atom. The Bertz CT molecular complexity index is 4500. The molecule has 0 saturated carbocycles. The van der Waals surface area contributed by atoms with Crippen LogP contribution in [0.4, 0.5) is 0 Å². The number of furan rings is 1. The lowest BCUT2D eigenvalue weighted by atomic mass is 10.0. The number of thiophene rings is 1. The van der Waals surface area contributed by atoms with E-state index in [0.29, 0.717) is 17.6 Å². The first kappa shape index (κ1) is 35.8. The zero-order valence-corrected chi connectivity index (χ0v) is 35.9. The van der Waals surface area contributed by atoms with Crippen LogP contribution in [0.15, 0.2) is 205 Å². The molecule has 5 aromatic heterocycles. The smallest absolute Gasteiger partial charge is 0.238 e. The lowest BCUT2D eigenvalue weighted by Gasteiger charge is -2.14. The number of hydrogen-bond donors (Lipinski definition) is 0. The molecule has 0 bridgehead atoms. The van der Waals surface area contributed by atoms with E-state index in [-0.39, 0.29) is 0 Å². The molecule has 15 aromatic rings. The summed E-state index contributed by atoms with van der Waals surface area (Å²) in [6, 6.07) is 71.4. The second kappa shape index (κ2) is 13.4. The molecule has 0 aliphatic carbocycles. The Labute approximate surface area is 379 Å². The number of rotatable bonds is 4. The van der Waals surface area contributed by atoms with Crippen molar-refractivity contribution < 1.29 is 4.42 Å². The van der Waals surface area contributed by atoms with Crippen LogP contribution in [0, 0.1) is 0 Å². The van der Waals surface area contributed by atoms with E-state index in [1.54, 1.807) is 11.3 Å². The van der Waals surface area contributed by atoms with E-state index < -0.39 is 0 Å². The van der Waals surface area contributed by atoms with Crippen LogP contribution in [0.5, 0.6) is 0 Å². The average Bonchev–Trinajstić information content (AvgIpc) is 4.13. The predicted octanol–water partition coefficient (Wildman–Crippen LogP) is 16.0. The summed E-state index contributed by atoms with van der Waals surface area (Å²) in [5.74, 6) is 1.72.